The van der Waals surface area contributed by atoms with Crippen molar-refractivity contribution in [1.29, 1.82) is 0 Å². The normalized spacial score (nSPS) is 31.9. The van der Waals surface area contributed by atoms with E-state index in [9.17, 15) is 17.2 Å². The van der Waals surface area contributed by atoms with Gasteiger partial charge in [0.2, 0.25) is 0 Å². The van der Waals surface area contributed by atoms with Crippen molar-refractivity contribution in [2.45, 2.75) is 48.9 Å². The molecule has 1 aromatic carbocycles. The molecule has 2 aliphatic rings. The number of fused-ring (bicyclic) bond motifs is 1. The lowest BCUT2D eigenvalue weighted by Gasteiger charge is -2.36. The van der Waals surface area contributed by atoms with Gasteiger partial charge in [0.05, 0.1) is 5.25 Å². The Bertz CT molecular complexity index is 655. The molecule has 20 heavy (non-hydrogen) atoms. The number of benzene rings is 1. The van der Waals surface area contributed by atoms with Gasteiger partial charge in [0.25, 0.3) is 0 Å². The Morgan fingerprint density at radius 1 is 1.15 bits per heavy atom. The first-order chi connectivity index (χ1) is 9.34. The SMILES string of the molecule is CC1C(NC2CC2)c2c(F)ccc(F)c2S(=O)(=O)C1C. The molecule has 1 aliphatic carbocycles. The van der Waals surface area contributed by atoms with E-state index in [-0.39, 0.29) is 17.5 Å². The van der Waals surface area contributed by atoms with Crippen LogP contribution in [0.4, 0.5) is 8.78 Å². The van der Waals surface area contributed by atoms with Crippen LogP contribution < -0.4 is 5.32 Å². The summed E-state index contributed by atoms with van der Waals surface area (Å²) in [6, 6.07) is 1.73. The van der Waals surface area contributed by atoms with Crippen LogP contribution in [0.5, 0.6) is 0 Å². The van der Waals surface area contributed by atoms with E-state index in [1.165, 1.54) is 0 Å². The summed E-state index contributed by atoms with van der Waals surface area (Å²) >= 11 is 0. The second-order valence-corrected chi connectivity index (χ2v) is 8.04. The Labute approximate surface area is 117 Å². The van der Waals surface area contributed by atoms with Crippen LogP contribution in [-0.2, 0) is 9.84 Å². The van der Waals surface area contributed by atoms with Crippen LogP contribution in [0.3, 0.4) is 0 Å². The molecule has 3 atom stereocenters. The summed E-state index contributed by atoms with van der Waals surface area (Å²) in [6.45, 7) is 3.34. The summed E-state index contributed by atoms with van der Waals surface area (Å²) in [7, 11) is -3.83. The molecule has 110 valence electrons. The van der Waals surface area contributed by atoms with Crippen LogP contribution >= 0.6 is 0 Å². The van der Waals surface area contributed by atoms with E-state index in [0.29, 0.717) is 0 Å². The number of rotatable bonds is 2. The van der Waals surface area contributed by atoms with Crippen molar-refractivity contribution in [1.82, 2.24) is 5.32 Å². The van der Waals surface area contributed by atoms with Crippen LogP contribution in [0.1, 0.15) is 38.3 Å². The van der Waals surface area contributed by atoms with Gasteiger partial charge in [-0.15, -0.1) is 0 Å². The fraction of sp³-hybridized carbons (Fsp3) is 0.571. The molecule has 3 nitrogen and oxygen atoms in total. The third kappa shape index (κ3) is 1.97. The Kier molecular flexibility index (Phi) is 3.14. The van der Waals surface area contributed by atoms with Crippen LogP contribution in [0.25, 0.3) is 0 Å². The van der Waals surface area contributed by atoms with Crippen molar-refractivity contribution >= 4 is 9.84 Å². The van der Waals surface area contributed by atoms with Crippen molar-refractivity contribution in [3.63, 3.8) is 0 Å². The highest BCUT2D eigenvalue weighted by molar-refractivity contribution is 7.92. The molecule has 0 aromatic heterocycles. The quantitative estimate of drug-likeness (QED) is 0.913. The molecular weight excluding hydrogens is 284 g/mol. The van der Waals surface area contributed by atoms with Crippen LogP contribution in [0.2, 0.25) is 0 Å². The molecule has 0 spiro atoms. The van der Waals surface area contributed by atoms with Gasteiger partial charge in [-0.3, -0.25) is 0 Å². The summed E-state index contributed by atoms with van der Waals surface area (Å²) in [5.74, 6) is -1.81. The average molecular weight is 301 g/mol. The predicted octanol–water partition coefficient (Wildman–Crippen LogP) is 2.57. The van der Waals surface area contributed by atoms with E-state index in [0.717, 1.165) is 25.0 Å². The number of nitrogens with one attached hydrogen (secondary N) is 1. The first-order valence-corrected chi connectivity index (χ1v) is 8.36. The Hall–Kier alpha value is -1.01. The second-order valence-electron chi connectivity index (χ2n) is 5.80. The minimum Gasteiger partial charge on any atom is -0.307 e. The molecule has 6 heteroatoms. The molecule has 1 heterocycles. The van der Waals surface area contributed by atoms with E-state index in [1.807, 2.05) is 0 Å². The smallest absolute Gasteiger partial charge is 0.184 e. The molecular formula is C14H17F2NO2S. The summed E-state index contributed by atoms with van der Waals surface area (Å²) in [6.07, 6.45) is 1.99. The molecule has 1 saturated carbocycles. The Morgan fingerprint density at radius 2 is 1.75 bits per heavy atom. The highest BCUT2D eigenvalue weighted by atomic mass is 32.2. The van der Waals surface area contributed by atoms with Gasteiger partial charge in [0.1, 0.15) is 16.5 Å². The fourth-order valence-electron chi connectivity index (χ4n) is 2.87. The van der Waals surface area contributed by atoms with Crippen LogP contribution in [0, 0.1) is 17.6 Å². The number of hydrogen-bond donors (Lipinski definition) is 1. The van der Waals surface area contributed by atoms with E-state index < -0.39 is 37.7 Å². The fourth-order valence-corrected chi connectivity index (χ4v) is 4.83. The first kappa shape index (κ1) is 13.9. The van der Waals surface area contributed by atoms with Crippen molar-refractivity contribution in [2.24, 2.45) is 5.92 Å². The minimum absolute atomic E-state index is 0.0255. The minimum atomic E-state index is -3.83. The molecule has 1 N–H and O–H groups in total. The zero-order valence-electron chi connectivity index (χ0n) is 11.4. The van der Waals surface area contributed by atoms with Gasteiger partial charge in [0.15, 0.2) is 9.84 Å². The maximum absolute atomic E-state index is 14.1. The lowest BCUT2D eigenvalue weighted by atomic mass is 9.90. The summed E-state index contributed by atoms with van der Waals surface area (Å²) in [4.78, 5) is -0.457. The highest BCUT2D eigenvalue weighted by Gasteiger charge is 2.46. The zero-order chi connectivity index (χ0) is 14.7. The molecule has 3 rings (SSSR count). The monoisotopic (exact) mass is 301 g/mol. The largest absolute Gasteiger partial charge is 0.307 e. The third-order valence-electron chi connectivity index (χ3n) is 4.44. The topological polar surface area (TPSA) is 46.2 Å². The lowest BCUT2D eigenvalue weighted by Crippen LogP contribution is -2.43. The first-order valence-electron chi connectivity index (χ1n) is 6.82. The number of hydrogen-bond acceptors (Lipinski definition) is 3. The molecule has 0 bridgehead atoms. The molecule has 1 aromatic rings. The third-order valence-corrected chi connectivity index (χ3v) is 6.83. The summed E-state index contributed by atoms with van der Waals surface area (Å²) in [5.41, 5.74) is -0.0255. The standard InChI is InChI=1S/C14H17F2NO2S/c1-7-8(2)20(18,19)14-11(16)6-5-10(15)12(14)13(7)17-9-3-4-9/h5-9,13,17H,3-4H2,1-2H3. The van der Waals surface area contributed by atoms with Crippen molar-refractivity contribution in [2.75, 3.05) is 0 Å². The van der Waals surface area contributed by atoms with Crippen molar-refractivity contribution in [3.8, 4) is 0 Å². The van der Waals surface area contributed by atoms with Gasteiger partial charge in [-0.25, -0.2) is 17.2 Å². The Balaban J connectivity index is 2.23. The van der Waals surface area contributed by atoms with Gasteiger partial charge in [0, 0.05) is 17.6 Å². The van der Waals surface area contributed by atoms with Crippen LogP contribution in [0.15, 0.2) is 17.0 Å². The molecule has 0 radical (unpaired) electrons. The van der Waals surface area contributed by atoms with E-state index >= 15 is 0 Å². The number of sulfone groups is 1. The lowest BCUT2D eigenvalue weighted by molar-refractivity contribution is 0.338. The van der Waals surface area contributed by atoms with Gasteiger partial charge >= 0.3 is 0 Å². The maximum atomic E-state index is 14.1. The Morgan fingerprint density at radius 3 is 2.35 bits per heavy atom. The zero-order valence-corrected chi connectivity index (χ0v) is 12.2. The predicted molar refractivity (Wildman–Crippen MR) is 71.1 cm³/mol. The molecule has 1 fully saturated rings. The van der Waals surface area contributed by atoms with E-state index in [2.05, 4.69) is 5.32 Å². The molecule has 0 saturated heterocycles. The highest BCUT2D eigenvalue weighted by Crippen LogP contribution is 2.43. The summed E-state index contributed by atoms with van der Waals surface area (Å²) < 4.78 is 52.9. The van der Waals surface area contributed by atoms with Gasteiger partial charge in [-0.1, -0.05) is 6.92 Å². The van der Waals surface area contributed by atoms with Crippen LogP contribution in [-0.4, -0.2) is 19.7 Å². The van der Waals surface area contributed by atoms with Crippen molar-refractivity contribution < 1.29 is 17.2 Å². The molecule has 3 unspecified atom stereocenters. The summed E-state index contributed by atoms with van der Waals surface area (Å²) in [5, 5.41) is 2.53. The van der Waals surface area contributed by atoms with Gasteiger partial charge < -0.3 is 5.32 Å². The maximum Gasteiger partial charge on any atom is 0.184 e. The van der Waals surface area contributed by atoms with Crippen molar-refractivity contribution in [3.05, 3.63) is 29.3 Å². The molecule has 1 aliphatic heterocycles. The second kappa shape index (κ2) is 4.49. The van der Waals surface area contributed by atoms with Gasteiger partial charge in [-0.2, -0.15) is 0 Å². The van der Waals surface area contributed by atoms with Gasteiger partial charge in [-0.05, 0) is 37.8 Å². The molecule has 0 amide bonds. The average Bonchev–Trinajstić information content (AvgIpc) is 3.19. The van der Waals surface area contributed by atoms with E-state index in [1.54, 1.807) is 13.8 Å². The van der Waals surface area contributed by atoms with E-state index in [4.69, 9.17) is 0 Å². The number of halogens is 2.